The van der Waals surface area contributed by atoms with Gasteiger partial charge < -0.3 is 10.1 Å². The Morgan fingerprint density at radius 3 is 2.76 bits per heavy atom. The number of imidazole rings is 1. The Kier molecular flexibility index (Phi) is 7.51. The second kappa shape index (κ2) is 10.1. The van der Waals surface area contributed by atoms with Gasteiger partial charge >= 0.3 is 5.82 Å². The zero-order chi connectivity index (χ0) is 20.8. The summed E-state index contributed by atoms with van der Waals surface area (Å²) < 4.78 is 1.26. The molecule has 0 N–H and O–H groups in total. The molecule has 0 aliphatic rings. The molecule has 11 heteroatoms. The van der Waals surface area contributed by atoms with Crippen LogP contribution in [0.2, 0.25) is 0 Å². The third-order valence-electron chi connectivity index (χ3n) is 3.97. The van der Waals surface area contributed by atoms with Crippen LogP contribution in [0.4, 0.5) is 5.82 Å². The molecule has 0 spiro atoms. The number of aromatic nitrogens is 4. The van der Waals surface area contributed by atoms with Crippen molar-refractivity contribution in [2.24, 2.45) is 0 Å². The molecule has 0 saturated carbocycles. The van der Waals surface area contributed by atoms with Crippen LogP contribution in [0.25, 0.3) is 5.65 Å². The Morgan fingerprint density at radius 1 is 1.21 bits per heavy atom. The Morgan fingerprint density at radius 2 is 2.00 bits per heavy atom. The average molecular weight is 450 g/mol. The topological polar surface area (TPSA) is 103 Å². The van der Waals surface area contributed by atoms with E-state index in [1.807, 2.05) is 19.1 Å². The van der Waals surface area contributed by atoms with E-state index in [1.165, 1.54) is 27.4 Å². The van der Waals surface area contributed by atoms with E-state index in [4.69, 9.17) is 0 Å². The largest absolute Gasteiger partial charge is 0.368 e. The molecule has 0 saturated heterocycles. The molecule has 0 unspecified atom stereocenters. The highest BCUT2D eigenvalue weighted by molar-refractivity contribution is 8.12. The van der Waals surface area contributed by atoms with Crippen LogP contribution in [-0.4, -0.2) is 41.1 Å². The maximum absolute atomic E-state index is 11.2. The number of hydrogen-bond acceptors (Lipinski definition) is 9. The zero-order valence-corrected chi connectivity index (χ0v) is 18.4. The SMILES string of the molecule is CC(=O)SCc1nccc(SCCCSc2ccc3ncc([N+](=O)[O-])n3n2)c1C. The summed E-state index contributed by atoms with van der Waals surface area (Å²) in [6.45, 7) is 3.60. The lowest BCUT2D eigenvalue weighted by molar-refractivity contribution is -0.391. The Balaban J connectivity index is 1.51. The minimum absolute atomic E-state index is 0.0918. The number of thioether (sulfide) groups is 3. The van der Waals surface area contributed by atoms with Gasteiger partial charge in [0.05, 0.1) is 5.69 Å². The summed E-state index contributed by atoms with van der Waals surface area (Å²) in [5.74, 6) is 2.25. The van der Waals surface area contributed by atoms with E-state index in [0.29, 0.717) is 11.4 Å². The summed E-state index contributed by atoms with van der Waals surface area (Å²) in [7, 11) is 0. The third-order valence-corrected chi connectivity index (χ3v) is 7.05. The van der Waals surface area contributed by atoms with E-state index in [2.05, 4.69) is 15.1 Å². The molecule has 152 valence electrons. The molecule has 0 bridgehead atoms. The third kappa shape index (κ3) is 5.71. The molecule has 29 heavy (non-hydrogen) atoms. The fourth-order valence-corrected chi connectivity index (χ4v) is 5.11. The molecular weight excluding hydrogens is 430 g/mol. The molecule has 3 aromatic rings. The number of fused-ring (bicyclic) bond motifs is 1. The van der Waals surface area contributed by atoms with Gasteiger partial charge in [0, 0.05) is 35.6 Å². The molecule has 0 amide bonds. The minimum atomic E-state index is -0.488. The molecule has 3 aromatic heterocycles. The second-order valence-electron chi connectivity index (χ2n) is 6.03. The van der Waals surface area contributed by atoms with Gasteiger partial charge in [-0.15, -0.1) is 23.5 Å². The average Bonchev–Trinajstić information content (AvgIpc) is 3.11. The van der Waals surface area contributed by atoms with Gasteiger partial charge in [0.25, 0.3) is 0 Å². The van der Waals surface area contributed by atoms with Crippen molar-refractivity contribution in [2.45, 2.75) is 35.9 Å². The van der Waals surface area contributed by atoms with Crippen LogP contribution in [0.1, 0.15) is 24.6 Å². The van der Waals surface area contributed by atoms with Crippen LogP contribution in [0.3, 0.4) is 0 Å². The smallest absolute Gasteiger partial charge is 0.358 e. The van der Waals surface area contributed by atoms with Gasteiger partial charge in [-0.25, -0.2) is 4.98 Å². The number of rotatable bonds is 9. The van der Waals surface area contributed by atoms with Gasteiger partial charge in [-0.1, -0.05) is 21.4 Å². The van der Waals surface area contributed by atoms with Crippen molar-refractivity contribution in [3.8, 4) is 0 Å². The first kappa shape index (κ1) is 21.6. The summed E-state index contributed by atoms with van der Waals surface area (Å²) in [6, 6.07) is 5.57. The second-order valence-corrected chi connectivity index (χ2v) is 9.43. The van der Waals surface area contributed by atoms with Crippen LogP contribution < -0.4 is 0 Å². The van der Waals surface area contributed by atoms with Crippen molar-refractivity contribution < 1.29 is 9.72 Å². The number of pyridine rings is 1. The number of hydrogen-bond donors (Lipinski definition) is 0. The molecule has 0 aliphatic heterocycles. The van der Waals surface area contributed by atoms with Crippen LogP contribution in [-0.2, 0) is 10.5 Å². The lowest BCUT2D eigenvalue weighted by atomic mass is 10.2. The highest BCUT2D eigenvalue weighted by Crippen LogP contribution is 2.27. The number of nitrogens with zero attached hydrogens (tertiary/aromatic N) is 5. The number of nitro groups is 1. The number of carbonyl (C=O) groups is 1. The molecule has 0 fully saturated rings. The van der Waals surface area contributed by atoms with E-state index in [0.717, 1.165) is 34.2 Å². The first-order chi connectivity index (χ1) is 14.0. The van der Waals surface area contributed by atoms with Crippen LogP contribution in [0.15, 0.2) is 40.5 Å². The maximum atomic E-state index is 11.2. The van der Waals surface area contributed by atoms with Crippen LogP contribution >= 0.6 is 35.3 Å². The first-order valence-electron chi connectivity index (χ1n) is 8.78. The molecule has 3 rings (SSSR count). The van der Waals surface area contributed by atoms with E-state index >= 15 is 0 Å². The fourth-order valence-electron chi connectivity index (χ4n) is 2.49. The van der Waals surface area contributed by atoms with Crippen molar-refractivity contribution >= 4 is 51.9 Å². The van der Waals surface area contributed by atoms with Gasteiger partial charge in [-0.2, -0.15) is 0 Å². The monoisotopic (exact) mass is 449 g/mol. The summed E-state index contributed by atoms with van der Waals surface area (Å²) in [6.07, 6.45) is 3.96. The van der Waals surface area contributed by atoms with Crippen molar-refractivity contribution in [1.82, 2.24) is 19.6 Å². The van der Waals surface area contributed by atoms with Crippen molar-refractivity contribution in [3.63, 3.8) is 0 Å². The predicted octanol–water partition coefficient (Wildman–Crippen LogP) is 4.40. The van der Waals surface area contributed by atoms with Gasteiger partial charge in [-0.3, -0.25) is 9.78 Å². The minimum Gasteiger partial charge on any atom is -0.358 e. The summed E-state index contributed by atoms with van der Waals surface area (Å²) in [4.78, 5) is 31.2. The Labute approximate surface area is 180 Å². The first-order valence-corrected chi connectivity index (χ1v) is 11.7. The molecule has 8 nitrogen and oxygen atoms in total. The van der Waals surface area contributed by atoms with Gasteiger partial charge in [0.1, 0.15) is 11.2 Å². The quantitative estimate of drug-likeness (QED) is 0.203. The fraction of sp³-hybridized carbons (Fsp3) is 0.333. The molecule has 0 aromatic carbocycles. The molecule has 0 radical (unpaired) electrons. The molecule has 0 atom stereocenters. The van der Waals surface area contributed by atoms with E-state index in [1.54, 1.807) is 42.7 Å². The zero-order valence-electron chi connectivity index (χ0n) is 15.9. The van der Waals surface area contributed by atoms with Crippen molar-refractivity contribution in [1.29, 1.82) is 0 Å². The summed E-state index contributed by atoms with van der Waals surface area (Å²) in [5.41, 5.74) is 2.53. The lowest BCUT2D eigenvalue weighted by Gasteiger charge is -2.09. The Hall–Kier alpha value is -2.11. The highest BCUT2D eigenvalue weighted by atomic mass is 32.2. The normalized spacial score (nSPS) is 11.1. The molecule has 3 heterocycles. The summed E-state index contributed by atoms with van der Waals surface area (Å²) >= 11 is 4.60. The van der Waals surface area contributed by atoms with Crippen molar-refractivity contribution in [3.05, 3.63) is 52.0 Å². The van der Waals surface area contributed by atoms with Crippen molar-refractivity contribution in [2.75, 3.05) is 11.5 Å². The molecular formula is C18H19N5O3S3. The van der Waals surface area contributed by atoms with E-state index in [9.17, 15) is 14.9 Å². The highest BCUT2D eigenvalue weighted by Gasteiger charge is 2.16. The van der Waals surface area contributed by atoms with Crippen LogP contribution in [0.5, 0.6) is 0 Å². The summed E-state index contributed by atoms with van der Waals surface area (Å²) in [5, 5.41) is 16.1. The van der Waals surface area contributed by atoms with E-state index < -0.39 is 4.92 Å². The van der Waals surface area contributed by atoms with Gasteiger partial charge in [0.2, 0.25) is 5.65 Å². The lowest BCUT2D eigenvalue weighted by Crippen LogP contribution is -1.99. The maximum Gasteiger partial charge on any atom is 0.368 e. The Bertz CT molecular complexity index is 1040. The predicted molar refractivity (Wildman–Crippen MR) is 117 cm³/mol. The molecule has 0 aliphatic carbocycles. The number of carbonyl (C=O) groups excluding carboxylic acids is 1. The van der Waals surface area contributed by atoms with Crippen LogP contribution in [0, 0.1) is 17.0 Å². The standard InChI is InChI=1S/C18H19N5O3S3/c1-12-14(11-29-13(2)24)19-7-6-15(12)27-8-3-9-28-17-5-4-16-20-10-18(23(25)26)22(16)21-17/h4-7,10H,3,8-9,11H2,1-2H3. The van der Waals surface area contributed by atoms with Gasteiger partial charge in [-0.05, 0) is 41.7 Å². The van der Waals surface area contributed by atoms with E-state index in [-0.39, 0.29) is 10.9 Å². The van der Waals surface area contributed by atoms with Gasteiger partial charge in [0.15, 0.2) is 5.12 Å².